The van der Waals surface area contributed by atoms with Crippen molar-refractivity contribution in [3.05, 3.63) is 80.0 Å². The zero-order valence-electron chi connectivity index (χ0n) is 19.9. The first-order valence-corrected chi connectivity index (χ1v) is 11.0. The molecule has 4 aromatic rings. The molecule has 0 amide bonds. The van der Waals surface area contributed by atoms with Crippen molar-refractivity contribution in [1.29, 1.82) is 0 Å². The molecule has 0 N–H and O–H groups in total. The summed E-state index contributed by atoms with van der Waals surface area (Å²) in [6.07, 6.45) is -1.14. The number of benzene rings is 2. The molecule has 8 heteroatoms. The lowest BCUT2D eigenvalue weighted by Gasteiger charge is -2.27. The minimum atomic E-state index is -1.14. The van der Waals surface area contributed by atoms with Crippen molar-refractivity contribution < 1.29 is 23.1 Å². The van der Waals surface area contributed by atoms with Gasteiger partial charge in [0.05, 0.1) is 22.3 Å². The maximum atomic E-state index is 13.1. The number of ether oxygens (including phenoxy) is 2. The summed E-state index contributed by atoms with van der Waals surface area (Å²) in [5, 5.41) is 0.645. The normalized spacial score (nSPS) is 14.1. The van der Waals surface area contributed by atoms with Crippen LogP contribution in [0, 0.1) is 13.8 Å². The highest BCUT2D eigenvalue weighted by atomic mass is 16.7. The first-order chi connectivity index (χ1) is 16.6. The molecule has 1 unspecified atom stereocenters. The van der Waals surface area contributed by atoms with E-state index in [-0.39, 0.29) is 16.9 Å². The van der Waals surface area contributed by atoms with Gasteiger partial charge in [-0.1, -0.05) is 0 Å². The third kappa shape index (κ3) is 3.86. The van der Waals surface area contributed by atoms with E-state index < -0.39 is 23.5 Å². The predicted octanol–water partition coefficient (Wildman–Crippen LogP) is 4.72. The van der Waals surface area contributed by atoms with Crippen LogP contribution in [0.2, 0.25) is 0 Å². The van der Waals surface area contributed by atoms with Crippen LogP contribution >= 0.6 is 0 Å². The first-order valence-electron chi connectivity index (χ1n) is 11.0. The molecule has 178 valence electrons. The number of nitrogens with zero attached hydrogens (tertiary/aromatic N) is 1. The van der Waals surface area contributed by atoms with Gasteiger partial charge in [0.15, 0.2) is 5.76 Å². The Balaban J connectivity index is 1.72. The molecule has 0 saturated heterocycles. The minimum Gasteiger partial charge on any atom is -0.450 e. The highest BCUT2D eigenvalue weighted by molar-refractivity contribution is 5.85. The van der Waals surface area contributed by atoms with Crippen molar-refractivity contribution in [3.8, 4) is 28.2 Å². The summed E-state index contributed by atoms with van der Waals surface area (Å²) in [4.78, 5) is 39.7. The Hall–Kier alpha value is -4.33. The summed E-state index contributed by atoms with van der Waals surface area (Å²) < 4.78 is 22.6. The number of hydrogen-bond donors (Lipinski definition) is 0. The van der Waals surface area contributed by atoms with E-state index in [0.29, 0.717) is 27.8 Å². The highest BCUT2D eigenvalue weighted by Crippen LogP contribution is 2.44. The molecular formula is C27H23NO7. The van der Waals surface area contributed by atoms with Crippen molar-refractivity contribution in [2.24, 2.45) is 0 Å². The molecule has 1 aliphatic heterocycles. The van der Waals surface area contributed by atoms with Gasteiger partial charge in [-0.15, -0.1) is 0 Å². The highest BCUT2D eigenvalue weighted by Gasteiger charge is 2.33. The van der Waals surface area contributed by atoms with Crippen molar-refractivity contribution in [2.45, 2.75) is 27.1 Å². The standard InChI is InChI=1S/C27H23NO7/c1-13-8-20-23(9-14(13)2)34-27(32-15(3)29)21-12-19(26(31)35-24(20)21)18-10-16-6-7-17(28(4)5)11-22(16)33-25(18)30/h6-12,27H,1-5H3. The minimum absolute atomic E-state index is 0.0101. The van der Waals surface area contributed by atoms with Crippen LogP contribution in [0.1, 0.15) is 29.9 Å². The molecular weight excluding hydrogens is 450 g/mol. The second kappa shape index (κ2) is 8.16. The lowest BCUT2D eigenvalue weighted by Crippen LogP contribution is -2.22. The Kier molecular flexibility index (Phi) is 5.24. The Morgan fingerprint density at radius 1 is 0.886 bits per heavy atom. The fourth-order valence-corrected chi connectivity index (χ4v) is 4.11. The second-order valence-corrected chi connectivity index (χ2v) is 8.79. The van der Waals surface area contributed by atoms with E-state index in [1.807, 2.05) is 51.0 Å². The van der Waals surface area contributed by atoms with Gasteiger partial charge in [0.2, 0.25) is 0 Å². The molecule has 35 heavy (non-hydrogen) atoms. The van der Waals surface area contributed by atoms with E-state index in [9.17, 15) is 14.4 Å². The van der Waals surface area contributed by atoms with Crippen LogP contribution in [0.25, 0.3) is 33.4 Å². The molecule has 0 radical (unpaired) electrons. The van der Waals surface area contributed by atoms with Gasteiger partial charge in [-0.2, -0.15) is 0 Å². The summed E-state index contributed by atoms with van der Waals surface area (Å²) in [5.74, 6) is 0.0997. The number of aryl methyl sites for hydroxylation is 2. The molecule has 2 aromatic carbocycles. The predicted molar refractivity (Wildman–Crippen MR) is 131 cm³/mol. The maximum absolute atomic E-state index is 13.1. The molecule has 0 aliphatic carbocycles. The second-order valence-electron chi connectivity index (χ2n) is 8.79. The van der Waals surface area contributed by atoms with E-state index in [0.717, 1.165) is 16.8 Å². The molecule has 0 saturated carbocycles. The average Bonchev–Trinajstić information content (AvgIpc) is 2.79. The van der Waals surface area contributed by atoms with E-state index in [2.05, 4.69) is 0 Å². The Morgan fingerprint density at radius 3 is 2.29 bits per heavy atom. The molecule has 0 bridgehead atoms. The number of hydrogen-bond acceptors (Lipinski definition) is 8. The van der Waals surface area contributed by atoms with Crippen LogP contribution in [0.5, 0.6) is 5.75 Å². The molecule has 1 atom stereocenters. The fraction of sp³-hybridized carbons (Fsp3) is 0.222. The molecule has 5 rings (SSSR count). The van der Waals surface area contributed by atoms with Gasteiger partial charge in [0.25, 0.3) is 6.29 Å². The van der Waals surface area contributed by atoms with Gasteiger partial charge < -0.3 is 23.2 Å². The van der Waals surface area contributed by atoms with Crippen LogP contribution in [0.3, 0.4) is 0 Å². The summed E-state index contributed by atoms with van der Waals surface area (Å²) in [6, 6.07) is 12.2. The molecule has 8 nitrogen and oxygen atoms in total. The Morgan fingerprint density at radius 2 is 1.57 bits per heavy atom. The van der Waals surface area contributed by atoms with Gasteiger partial charge in [-0.25, -0.2) is 9.59 Å². The van der Waals surface area contributed by atoms with Crippen LogP contribution < -0.4 is 20.9 Å². The van der Waals surface area contributed by atoms with Gasteiger partial charge in [0.1, 0.15) is 11.3 Å². The number of rotatable bonds is 3. The van der Waals surface area contributed by atoms with Gasteiger partial charge >= 0.3 is 17.2 Å². The summed E-state index contributed by atoms with van der Waals surface area (Å²) in [5.41, 5.74) is 2.73. The van der Waals surface area contributed by atoms with Gasteiger partial charge in [-0.05, 0) is 61.4 Å². The Labute approximate surface area is 200 Å². The van der Waals surface area contributed by atoms with Gasteiger partial charge in [-0.3, -0.25) is 4.79 Å². The van der Waals surface area contributed by atoms with Crippen molar-refractivity contribution in [1.82, 2.24) is 0 Å². The molecule has 0 spiro atoms. The number of carbonyl (C=O) groups excluding carboxylic acids is 1. The molecule has 1 aliphatic rings. The first kappa shape index (κ1) is 22.5. The lowest BCUT2D eigenvalue weighted by atomic mass is 9.96. The lowest BCUT2D eigenvalue weighted by molar-refractivity contribution is -0.162. The van der Waals surface area contributed by atoms with Crippen LogP contribution in [-0.4, -0.2) is 20.1 Å². The van der Waals surface area contributed by atoms with Crippen molar-refractivity contribution in [2.75, 3.05) is 19.0 Å². The van der Waals surface area contributed by atoms with Crippen LogP contribution in [0.4, 0.5) is 5.69 Å². The smallest absolute Gasteiger partial charge is 0.344 e. The van der Waals surface area contributed by atoms with Crippen molar-refractivity contribution >= 4 is 22.6 Å². The van der Waals surface area contributed by atoms with E-state index in [1.54, 1.807) is 18.2 Å². The molecule has 0 fully saturated rings. The van der Waals surface area contributed by atoms with Gasteiger partial charge in [0, 0.05) is 38.2 Å². The summed E-state index contributed by atoms with van der Waals surface area (Å²) in [7, 11) is 3.77. The number of carbonyl (C=O) groups is 1. The van der Waals surface area contributed by atoms with Crippen LogP contribution in [0.15, 0.2) is 60.9 Å². The summed E-state index contributed by atoms with van der Waals surface area (Å²) >= 11 is 0. The van der Waals surface area contributed by atoms with E-state index in [1.165, 1.54) is 13.0 Å². The number of fused-ring (bicyclic) bond motifs is 4. The quantitative estimate of drug-likeness (QED) is 0.311. The SMILES string of the molecule is CC(=O)OC1Oc2cc(C)c(C)cc2-c2oc(=O)c(-c3cc4ccc(N(C)C)cc4oc3=O)cc21. The van der Waals surface area contributed by atoms with E-state index >= 15 is 0 Å². The Bertz CT molecular complexity index is 1630. The third-order valence-corrected chi connectivity index (χ3v) is 6.10. The summed E-state index contributed by atoms with van der Waals surface area (Å²) in [6.45, 7) is 5.12. The molecule has 3 heterocycles. The maximum Gasteiger partial charge on any atom is 0.344 e. The number of esters is 1. The number of anilines is 1. The zero-order valence-corrected chi connectivity index (χ0v) is 19.9. The fourth-order valence-electron chi connectivity index (χ4n) is 4.11. The molecule has 2 aromatic heterocycles. The third-order valence-electron chi connectivity index (χ3n) is 6.10. The topological polar surface area (TPSA) is 99.2 Å². The monoisotopic (exact) mass is 473 g/mol. The largest absolute Gasteiger partial charge is 0.450 e. The zero-order chi connectivity index (χ0) is 25.0. The average molecular weight is 473 g/mol. The van der Waals surface area contributed by atoms with E-state index in [4.69, 9.17) is 18.3 Å². The van der Waals surface area contributed by atoms with Crippen molar-refractivity contribution in [3.63, 3.8) is 0 Å². The van der Waals surface area contributed by atoms with Crippen LogP contribution in [-0.2, 0) is 9.53 Å².